The van der Waals surface area contributed by atoms with Crippen LogP contribution in [0, 0.1) is 0 Å². The van der Waals surface area contributed by atoms with Crippen molar-refractivity contribution in [2.75, 3.05) is 0 Å². The van der Waals surface area contributed by atoms with E-state index >= 15 is 0 Å². The minimum atomic E-state index is 0.563. The molecule has 0 unspecified atom stereocenters. The molecular formula is C54H34N6. The summed E-state index contributed by atoms with van der Waals surface area (Å²) in [7, 11) is 0. The van der Waals surface area contributed by atoms with Crippen LogP contribution in [-0.2, 0) is 0 Å². The van der Waals surface area contributed by atoms with E-state index in [9.17, 15) is 0 Å². The van der Waals surface area contributed by atoms with E-state index in [1.165, 1.54) is 37.8 Å². The first-order chi connectivity index (χ1) is 29.7. The van der Waals surface area contributed by atoms with Gasteiger partial charge < -0.3 is 4.57 Å². The third-order valence-electron chi connectivity index (χ3n) is 11.6. The number of aromatic nitrogens is 6. The Hall–Kier alpha value is -8.22. The lowest BCUT2D eigenvalue weighted by molar-refractivity contribution is 1.05. The Kier molecular flexibility index (Phi) is 7.74. The van der Waals surface area contributed by atoms with E-state index in [1.807, 2.05) is 42.6 Å². The number of rotatable bonds is 6. The summed E-state index contributed by atoms with van der Waals surface area (Å²) in [6.45, 7) is 0. The molecule has 6 heteroatoms. The molecule has 60 heavy (non-hydrogen) atoms. The van der Waals surface area contributed by atoms with Gasteiger partial charge in [-0.05, 0) is 70.4 Å². The summed E-state index contributed by atoms with van der Waals surface area (Å²) >= 11 is 0. The predicted molar refractivity (Wildman–Crippen MR) is 246 cm³/mol. The van der Waals surface area contributed by atoms with Gasteiger partial charge in [0.25, 0.3) is 0 Å². The van der Waals surface area contributed by atoms with Gasteiger partial charge >= 0.3 is 0 Å². The summed E-state index contributed by atoms with van der Waals surface area (Å²) in [6.07, 6.45) is 1.88. The van der Waals surface area contributed by atoms with Crippen molar-refractivity contribution in [3.8, 4) is 56.8 Å². The molecule has 0 aliphatic heterocycles. The van der Waals surface area contributed by atoms with Gasteiger partial charge in [0.05, 0.1) is 22.1 Å². The second kappa shape index (κ2) is 13.7. The first-order valence-electron chi connectivity index (χ1n) is 20.1. The van der Waals surface area contributed by atoms with Crippen LogP contribution in [0.2, 0.25) is 0 Å². The number of fused-ring (bicyclic) bond motifs is 8. The van der Waals surface area contributed by atoms with Gasteiger partial charge in [0.2, 0.25) is 0 Å². The predicted octanol–water partition coefficient (Wildman–Crippen LogP) is 13.3. The lowest BCUT2D eigenvalue weighted by atomic mass is 10.0. The third-order valence-corrected chi connectivity index (χ3v) is 11.6. The molecule has 0 spiro atoms. The zero-order valence-electron chi connectivity index (χ0n) is 32.3. The van der Waals surface area contributed by atoms with Crippen LogP contribution < -0.4 is 0 Å². The Balaban J connectivity index is 1.02. The lowest BCUT2D eigenvalue weighted by Crippen LogP contribution is -2.02. The quantitative estimate of drug-likeness (QED) is 0.169. The van der Waals surface area contributed by atoms with Gasteiger partial charge in [-0.15, -0.1) is 0 Å². The zero-order valence-corrected chi connectivity index (χ0v) is 32.3. The molecule has 0 N–H and O–H groups in total. The normalized spacial score (nSPS) is 11.7. The van der Waals surface area contributed by atoms with Gasteiger partial charge in [0, 0.05) is 50.1 Å². The molecule has 8 aromatic carbocycles. The minimum Gasteiger partial charge on any atom is -0.309 e. The van der Waals surface area contributed by atoms with Gasteiger partial charge in [-0.25, -0.2) is 19.9 Å². The van der Waals surface area contributed by atoms with E-state index in [1.54, 1.807) is 0 Å². The fourth-order valence-corrected chi connectivity index (χ4v) is 8.79. The molecule has 0 saturated carbocycles. The van der Waals surface area contributed by atoms with Crippen molar-refractivity contribution in [1.82, 2.24) is 29.1 Å². The smallest absolute Gasteiger partial charge is 0.165 e. The first kappa shape index (κ1) is 33.9. The molecule has 0 aliphatic rings. The summed E-state index contributed by atoms with van der Waals surface area (Å²) in [5.41, 5.74) is 10.6. The molecule has 6 nitrogen and oxygen atoms in total. The molecule has 0 amide bonds. The van der Waals surface area contributed by atoms with Crippen LogP contribution in [0.3, 0.4) is 0 Å². The van der Waals surface area contributed by atoms with Crippen LogP contribution in [0.25, 0.3) is 111 Å². The molecule has 0 atom stereocenters. The molecule has 0 radical (unpaired) electrons. The Bertz CT molecular complexity index is 3560. The topological polar surface area (TPSA) is 61.4 Å². The lowest BCUT2D eigenvalue weighted by Gasteiger charge is -2.11. The molecule has 0 saturated heterocycles. The number of benzene rings is 8. The van der Waals surface area contributed by atoms with Crippen molar-refractivity contribution in [3.05, 3.63) is 206 Å². The van der Waals surface area contributed by atoms with Gasteiger partial charge in [0.1, 0.15) is 5.82 Å². The molecule has 0 aliphatic carbocycles. The van der Waals surface area contributed by atoms with Crippen molar-refractivity contribution in [2.45, 2.75) is 0 Å². The molecule has 0 bridgehead atoms. The third kappa shape index (κ3) is 5.50. The van der Waals surface area contributed by atoms with Crippen molar-refractivity contribution < 1.29 is 0 Å². The number of hydrogen-bond acceptors (Lipinski definition) is 4. The summed E-state index contributed by atoms with van der Waals surface area (Å²) in [5.74, 6) is 2.59. The second-order valence-corrected chi connectivity index (χ2v) is 15.1. The molecule has 4 aromatic heterocycles. The average molecular weight is 767 g/mol. The van der Waals surface area contributed by atoms with Gasteiger partial charge in [0.15, 0.2) is 17.5 Å². The van der Waals surface area contributed by atoms with E-state index < -0.39 is 0 Å². The Morgan fingerprint density at radius 1 is 0.317 bits per heavy atom. The highest BCUT2D eigenvalue weighted by molar-refractivity contribution is 6.25. The van der Waals surface area contributed by atoms with E-state index in [-0.39, 0.29) is 0 Å². The number of para-hydroxylation sites is 2. The van der Waals surface area contributed by atoms with E-state index in [4.69, 9.17) is 19.9 Å². The first-order valence-corrected chi connectivity index (χ1v) is 20.1. The Morgan fingerprint density at radius 3 is 1.58 bits per heavy atom. The van der Waals surface area contributed by atoms with Crippen LogP contribution in [-0.4, -0.2) is 29.1 Å². The van der Waals surface area contributed by atoms with Crippen molar-refractivity contribution in [1.29, 1.82) is 0 Å². The fourth-order valence-electron chi connectivity index (χ4n) is 8.79. The van der Waals surface area contributed by atoms with Crippen LogP contribution >= 0.6 is 0 Å². The number of nitrogens with zero attached hydrogens (tertiary/aromatic N) is 6. The SMILES string of the molecule is c1ccc(-c2ccc(-c3nc(-c4ccccc4)nc(-c4ccc(-n5c6ccccc6c6cc7c8c9ccccc9ccc8n(-c8ccccc8)c7cc65)nc4)n3)cc2)cc1. The summed E-state index contributed by atoms with van der Waals surface area (Å²) in [6, 6.07) is 70.2. The summed E-state index contributed by atoms with van der Waals surface area (Å²) in [5, 5.41) is 7.30. The Labute approximate surface area is 345 Å². The Morgan fingerprint density at radius 2 is 0.867 bits per heavy atom. The van der Waals surface area contributed by atoms with E-state index in [0.717, 1.165) is 55.9 Å². The maximum absolute atomic E-state index is 5.15. The fraction of sp³-hybridized carbons (Fsp3) is 0. The maximum Gasteiger partial charge on any atom is 0.165 e. The number of hydrogen-bond donors (Lipinski definition) is 0. The van der Waals surface area contributed by atoms with Crippen LogP contribution in [0.1, 0.15) is 0 Å². The molecular weight excluding hydrogens is 733 g/mol. The highest BCUT2D eigenvalue weighted by Gasteiger charge is 2.21. The average Bonchev–Trinajstić information content (AvgIpc) is 3.83. The highest BCUT2D eigenvalue weighted by Crippen LogP contribution is 2.42. The van der Waals surface area contributed by atoms with E-state index in [2.05, 4.69) is 173 Å². The minimum absolute atomic E-state index is 0.563. The summed E-state index contributed by atoms with van der Waals surface area (Å²) in [4.78, 5) is 20.2. The van der Waals surface area contributed by atoms with Crippen LogP contribution in [0.4, 0.5) is 0 Å². The second-order valence-electron chi connectivity index (χ2n) is 15.1. The monoisotopic (exact) mass is 766 g/mol. The summed E-state index contributed by atoms with van der Waals surface area (Å²) < 4.78 is 4.68. The molecule has 4 heterocycles. The van der Waals surface area contributed by atoms with Crippen LogP contribution in [0.5, 0.6) is 0 Å². The highest BCUT2D eigenvalue weighted by atomic mass is 15.1. The zero-order chi connectivity index (χ0) is 39.6. The maximum atomic E-state index is 5.15. The standard InChI is InChI=1S/C54H34N6/c1-4-14-35(15-5-1)36-24-26-39(27-25-36)53-56-52(38-17-6-2-7-18-38)57-54(58-53)40-29-31-50(55-34-40)60-46-23-13-12-22-43(46)44-32-45-49(33-48(44)60)59(41-19-8-3-9-20-41)47-30-28-37-16-10-11-21-42(37)51(45)47/h1-34H. The largest absolute Gasteiger partial charge is 0.309 e. The van der Waals surface area contributed by atoms with Crippen molar-refractivity contribution in [3.63, 3.8) is 0 Å². The number of pyridine rings is 1. The van der Waals surface area contributed by atoms with Gasteiger partial charge in [-0.1, -0.05) is 152 Å². The van der Waals surface area contributed by atoms with Crippen LogP contribution in [0.15, 0.2) is 206 Å². The van der Waals surface area contributed by atoms with Gasteiger partial charge in [-0.2, -0.15) is 0 Å². The molecule has 12 aromatic rings. The van der Waals surface area contributed by atoms with Gasteiger partial charge in [-0.3, -0.25) is 4.57 Å². The van der Waals surface area contributed by atoms with E-state index in [0.29, 0.717) is 17.5 Å². The molecule has 12 rings (SSSR count). The van der Waals surface area contributed by atoms with Crippen molar-refractivity contribution >= 4 is 54.4 Å². The van der Waals surface area contributed by atoms with Crippen molar-refractivity contribution in [2.24, 2.45) is 0 Å². The molecule has 0 fully saturated rings. The molecule has 280 valence electrons.